The maximum atomic E-state index is 12.7. The van der Waals surface area contributed by atoms with Crippen LogP contribution in [0.25, 0.3) is 0 Å². The Morgan fingerprint density at radius 3 is 2.72 bits per heavy atom. The third kappa shape index (κ3) is 4.03. The molecule has 3 rings (SSSR count). The molecule has 0 saturated carbocycles. The van der Waals surface area contributed by atoms with Crippen molar-refractivity contribution >= 4 is 17.4 Å². The maximum Gasteiger partial charge on any atom is 0.278 e. The molecule has 0 saturated heterocycles. The van der Waals surface area contributed by atoms with E-state index in [0.717, 1.165) is 17.0 Å². The Kier molecular flexibility index (Phi) is 5.09. The third-order valence-corrected chi connectivity index (χ3v) is 3.77. The number of carbonyl (C=O) groups excluding carboxylic acids is 1. The number of benzene rings is 1. The molecule has 1 N–H and O–H groups in total. The van der Waals surface area contributed by atoms with E-state index in [1.54, 1.807) is 17.4 Å². The zero-order valence-electron chi connectivity index (χ0n) is 14.3. The van der Waals surface area contributed by atoms with Gasteiger partial charge in [0.25, 0.3) is 5.91 Å². The molecule has 0 aliphatic carbocycles. The number of aryl methyl sites for hydroxylation is 1. The Labute approximate surface area is 146 Å². The van der Waals surface area contributed by atoms with Gasteiger partial charge in [0.15, 0.2) is 0 Å². The van der Waals surface area contributed by atoms with E-state index in [2.05, 4.69) is 15.3 Å². The van der Waals surface area contributed by atoms with Crippen LogP contribution in [0.1, 0.15) is 28.7 Å². The van der Waals surface area contributed by atoms with Crippen LogP contribution in [-0.2, 0) is 6.54 Å². The van der Waals surface area contributed by atoms with E-state index < -0.39 is 0 Å². The van der Waals surface area contributed by atoms with E-state index in [9.17, 15) is 4.79 Å². The van der Waals surface area contributed by atoms with E-state index in [1.165, 1.54) is 6.20 Å². The molecule has 0 unspecified atom stereocenters. The monoisotopic (exact) mass is 336 g/mol. The van der Waals surface area contributed by atoms with Crippen molar-refractivity contribution in [3.05, 3.63) is 72.1 Å². The predicted octanol–water partition coefficient (Wildman–Crippen LogP) is 3.66. The third-order valence-electron chi connectivity index (χ3n) is 3.77. The average molecular weight is 336 g/mol. The second-order valence-corrected chi connectivity index (χ2v) is 5.61. The van der Waals surface area contributed by atoms with Gasteiger partial charge in [-0.2, -0.15) is 0 Å². The lowest BCUT2D eigenvalue weighted by Crippen LogP contribution is -2.31. The zero-order chi connectivity index (χ0) is 17.6. The fraction of sp³-hybridized carbons (Fsp3) is 0.211. The fourth-order valence-electron chi connectivity index (χ4n) is 2.50. The number of nitrogens with zero attached hydrogens (tertiary/aromatic N) is 3. The van der Waals surface area contributed by atoms with Crippen LogP contribution in [0.15, 0.2) is 59.5 Å². The van der Waals surface area contributed by atoms with Crippen LogP contribution in [0.4, 0.5) is 11.5 Å². The van der Waals surface area contributed by atoms with Crippen LogP contribution in [-0.4, -0.2) is 22.4 Å². The Morgan fingerprint density at radius 1 is 1.20 bits per heavy atom. The molecule has 1 amide bonds. The van der Waals surface area contributed by atoms with Crippen molar-refractivity contribution in [3.8, 4) is 0 Å². The smallest absolute Gasteiger partial charge is 0.278 e. The van der Waals surface area contributed by atoms with Crippen LogP contribution >= 0.6 is 0 Å². The summed E-state index contributed by atoms with van der Waals surface area (Å²) in [4.78, 5) is 22.9. The number of rotatable bonds is 6. The van der Waals surface area contributed by atoms with Crippen LogP contribution in [0, 0.1) is 6.92 Å². The van der Waals surface area contributed by atoms with E-state index in [4.69, 9.17) is 4.42 Å². The van der Waals surface area contributed by atoms with Gasteiger partial charge in [-0.3, -0.25) is 4.79 Å². The Bertz CT molecular complexity index is 829. The highest BCUT2D eigenvalue weighted by atomic mass is 16.3. The summed E-state index contributed by atoms with van der Waals surface area (Å²) in [6.45, 7) is 5.01. The first-order chi connectivity index (χ1) is 12.2. The first-order valence-corrected chi connectivity index (χ1v) is 8.14. The Hall–Kier alpha value is -3.15. The lowest BCUT2D eigenvalue weighted by Gasteiger charge is -2.21. The number of carbonyl (C=O) groups is 1. The van der Waals surface area contributed by atoms with Crippen molar-refractivity contribution in [2.24, 2.45) is 0 Å². The number of hydrogen-bond donors (Lipinski definition) is 1. The van der Waals surface area contributed by atoms with E-state index in [0.29, 0.717) is 24.6 Å². The summed E-state index contributed by atoms with van der Waals surface area (Å²) in [6, 6.07) is 11.5. The van der Waals surface area contributed by atoms with Crippen LogP contribution in [0.3, 0.4) is 0 Å². The van der Waals surface area contributed by atoms with Gasteiger partial charge in [0.2, 0.25) is 0 Å². The summed E-state index contributed by atoms with van der Waals surface area (Å²) in [5.41, 5.74) is 2.27. The number of amides is 1. The van der Waals surface area contributed by atoms with Gasteiger partial charge in [0, 0.05) is 12.2 Å². The van der Waals surface area contributed by atoms with Crippen molar-refractivity contribution in [2.45, 2.75) is 20.4 Å². The summed E-state index contributed by atoms with van der Waals surface area (Å²) < 4.78 is 5.25. The number of aromatic nitrogens is 2. The van der Waals surface area contributed by atoms with Crippen LogP contribution in [0.5, 0.6) is 0 Å². The van der Waals surface area contributed by atoms with Gasteiger partial charge in [-0.15, -0.1) is 0 Å². The van der Waals surface area contributed by atoms with E-state index in [1.807, 2.05) is 50.2 Å². The summed E-state index contributed by atoms with van der Waals surface area (Å²) in [5.74, 6) is 1.23. The van der Waals surface area contributed by atoms with Crippen LogP contribution < -0.4 is 10.2 Å². The topological polar surface area (TPSA) is 71.3 Å². The summed E-state index contributed by atoms with van der Waals surface area (Å²) in [6.07, 6.45) is 4.67. The molecule has 0 bridgehead atoms. The highest BCUT2D eigenvalue weighted by Crippen LogP contribution is 2.18. The summed E-state index contributed by atoms with van der Waals surface area (Å²) in [5, 5.41) is 3.10. The summed E-state index contributed by atoms with van der Waals surface area (Å²) >= 11 is 0. The summed E-state index contributed by atoms with van der Waals surface area (Å²) in [7, 11) is 0. The number of anilines is 2. The zero-order valence-corrected chi connectivity index (χ0v) is 14.3. The van der Waals surface area contributed by atoms with Gasteiger partial charge in [-0.1, -0.05) is 12.1 Å². The second kappa shape index (κ2) is 7.61. The molecule has 2 aromatic heterocycles. The van der Waals surface area contributed by atoms with Crippen molar-refractivity contribution in [1.29, 1.82) is 0 Å². The van der Waals surface area contributed by atoms with Gasteiger partial charge >= 0.3 is 0 Å². The molecular formula is C19H20N4O2. The molecule has 6 heteroatoms. The minimum Gasteiger partial charge on any atom is -0.467 e. The molecule has 0 spiro atoms. The Balaban J connectivity index is 1.70. The molecule has 1 aromatic carbocycles. The molecule has 128 valence electrons. The Morgan fingerprint density at radius 2 is 2.08 bits per heavy atom. The van der Waals surface area contributed by atoms with E-state index in [-0.39, 0.29) is 5.91 Å². The largest absolute Gasteiger partial charge is 0.467 e. The molecule has 6 nitrogen and oxygen atoms in total. The van der Waals surface area contributed by atoms with Crippen molar-refractivity contribution in [2.75, 3.05) is 16.8 Å². The minimum absolute atomic E-state index is 0.168. The minimum atomic E-state index is -0.168. The lowest BCUT2D eigenvalue weighted by molar-refractivity contribution is 0.0983. The van der Waals surface area contributed by atoms with Gasteiger partial charge in [-0.25, -0.2) is 9.97 Å². The van der Waals surface area contributed by atoms with Crippen molar-refractivity contribution in [1.82, 2.24) is 9.97 Å². The highest BCUT2D eigenvalue weighted by Gasteiger charge is 2.18. The van der Waals surface area contributed by atoms with E-state index >= 15 is 0 Å². The van der Waals surface area contributed by atoms with Crippen molar-refractivity contribution in [3.63, 3.8) is 0 Å². The standard InChI is InChI=1S/C19H20N4O2/c1-3-23(15-7-4-6-14(2)10-15)19(24)17-12-22-18(13-20-17)21-11-16-8-5-9-25-16/h4-10,12-13H,3,11H2,1-2H3,(H,21,22). The molecule has 3 aromatic rings. The van der Waals surface area contributed by atoms with Crippen LogP contribution in [0.2, 0.25) is 0 Å². The molecule has 0 atom stereocenters. The first kappa shape index (κ1) is 16.7. The quantitative estimate of drug-likeness (QED) is 0.744. The normalized spacial score (nSPS) is 10.5. The predicted molar refractivity (Wildman–Crippen MR) is 96.6 cm³/mol. The number of nitrogens with one attached hydrogen (secondary N) is 1. The highest BCUT2D eigenvalue weighted by molar-refractivity contribution is 6.04. The fourth-order valence-corrected chi connectivity index (χ4v) is 2.50. The molecule has 25 heavy (non-hydrogen) atoms. The van der Waals surface area contributed by atoms with Gasteiger partial charge < -0.3 is 14.6 Å². The SMILES string of the molecule is CCN(C(=O)c1cnc(NCc2ccco2)cn1)c1cccc(C)c1. The molecule has 0 aliphatic heterocycles. The van der Waals surface area contributed by atoms with Gasteiger partial charge in [-0.05, 0) is 43.7 Å². The molecule has 0 radical (unpaired) electrons. The molecule has 0 fully saturated rings. The number of hydrogen-bond acceptors (Lipinski definition) is 5. The van der Waals surface area contributed by atoms with Gasteiger partial charge in [0.1, 0.15) is 17.3 Å². The second-order valence-electron chi connectivity index (χ2n) is 5.61. The maximum absolute atomic E-state index is 12.7. The molecular weight excluding hydrogens is 316 g/mol. The lowest BCUT2D eigenvalue weighted by atomic mass is 10.2. The molecule has 0 aliphatic rings. The molecule has 2 heterocycles. The number of furan rings is 1. The van der Waals surface area contributed by atoms with Gasteiger partial charge in [0.05, 0.1) is 25.2 Å². The first-order valence-electron chi connectivity index (χ1n) is 8.14. The average Bonchev–Trinajstić information content (AvgIpc) is 3.15. The van der Waals surface area contributed by atoms with Crippen molar-refractivity contribution < 1.29 is 9.21 Å².